The van der Waals surface area contributed by atoms with Crippen LogP contribution >= 0.6 is 0 Å². The van der Waals surface area contributed by atoms with Crippen molar-refractivity contribution in [3.8, 4) is 5.75 Å². The molecule has 2 aromatic rings. The fourth-order valence-electron chi connectivity index (χ4n) is 2.41. The third kappa shape index (κ3) is 6.84. The Labute approximate surface area is 155 Å². The standard InChI is InChI=1S/C20H20F4N2O/c1-2-3-4-5-14-6-8-15(9-7-14)12-25-26-13-16-10-17(21)19(18(22)11-16)27-20(23)24/h6-13,20H,2-5H2,1H3. The molecule has 0 atom stereocenters. The number of halogens is 4. The zero-order valence-electron chi connectivity index (χ0n) is 14.8. The van der Waals surface area contributed by atoms with Gasteiger partial charge in [-0.15, -0.1) is 0 Å². The molecular formula is C20H20F4N2O. The molecule has 0 amide bonds. The van der Waals surface area contributed by atoms with E-state index >= 15 is 0 Å². The van der Waals surface area contributed by atoms with E-state index in [2.05, 4.69) is 21.9 Å². The molecule has 2 aromatic carbocycles. The van der Waals surface area contributed by atoms with Crippen molar-refractivity contribution in [1.82, 2.24) is 0 Å². The van der Waals surface area contributed by atoms with Crippen LogP contribution in [-0.2, 0) is 6.42 Å². The van der Waals surface area contributed by atoms with Crippen LogP contribution in [0.25, 0.3) is 0 Å². The molecule has 27 heavy (non-hydrogen) atoms. The van der Waals surface area contributed by atoms with Crippen LogP contribution in [0.1, 0.15) is 42.9 Å². The Bertz CT molecular complexity index is 766. The maximum atomic E-state index is 13.6. The normalized spacial score (nSPS) is 11.8. The Kier molecular flexibility index (Phi) is 7.98. The summed E-state index contributed by atoms with van der Waals surface area (Å²) in [5.41, 5.74) is 2.13. The summed E-state index contributed by atoms with van der Waals surface area (Å²) in [6.07, 6.45) is 7.20. The van der Waals surface area contributed by atoms with Crippen molar-refractivity contribution in [1.29, 1.82) is 0 Å². The lowest BCUT2D eigenvalue weighted by atomic mass is 10.1. The first-order valence-corrected chi connectivity index (χ1v) is 8.58. The van der Waals surface area contributed by atoms with Gasteiger partial charge in [-0.05, 0) is 36.1 Å². The number of hydrogen-bond donors (Lipinski definition) is 0. The van der Waals surface area contributed by atoms with E-state index in [0.717, 1.165) is 36.8 Å². The number of rotatable bonds is 9. The lowest BCUT2D eigenvalue weighted by Gasteiger charge is -2.07. The quantitative estimate of drug-likeness (QED) is 0.236. The van der Waals surface area contributed by atoms with E-state index in [-0.39, 0.29) is 5.56 Å². The molecule has 2 rings (SSSR count). The van der Waals surface area contributed by atoms with E-state index in [4.69, 9.17) is 0 Å². The third-order valence-corrected chi connectivity index (χ3v) is 3.76. The second-order valence-electron chi connectivity index (χ2n) is 5.88. The van der Waals surface area contributed by atoms with Gasteiger partial charge in [0.25, 0.3) is 0 Å². The van der Waals surface area contributed by atoms with E-state index in [9.17, 15) is 17.6 Å². The van der Waals surface area contributed by atoms with Gasteiger partial charge in [0.15, 0.2) is 17.4 Å². The molecule has 0 bridgehead atoms. The van der Waals surface area contributed by atoms with Crippen LogP contribution in [0.5, 0.6) is 5.75 Å². The van der Waals surface area contributed by atoms with Gasteiger partial charge in [-0.3, -0.25) is 0 Å². The smallest absolute Gasteiger partial charge is 0.387 e. The maximum Gasteiger partial charge on any atom is 0.387 e. The highest BCUT2D eigenvalue weighted by atomic mass is 19.3. The van der Waals surface area contributed by atoms with Crippen LogP contribution in [0.3, 0.4) is 0 Å². The van der Waals surface area contributed by atoms with Crippen LogP contribution in [0, 0.1) is 11.6 Å². The summed E-state index contributed by atoms with van der Waals surface area (Å²) in [5, 5.41) is 7.54. The molecule has 0 aliphatic rings. The van der Waals surface area contributed by atoms with Crippen LogP contribution < -0.4 is 4.74 Å². The molecule has 0 unspecified atom stereocenters. The van der Waals surface area contributed by atoms with Crippen LogP contribution in [0.4, 0.5) is 17.6 Å². The lowest BCUT2D eigenvalue weighted by molar-refractivity contribution is -0.0546. The Morgan fingerprint density at radius 2 is 1.52 bits per heavy atom. The van der Waals surface area contributed by atoms with Gasteiger partial charge in [-0.2, -0.15) is 19.0 Å². The second-order valence-corrected chi connectivity index (χ2v) is 5.88. The minimum Gasteiger partial charge on any atom is -0.429 e. The average molecular weight is 380 g/mol. The van der Waals surface area contributed by atoms with Gasteiger partial charge >= 0.3 is 6.61 Å². The maximum absolute atomic E-state index is 13.6. The Morgan fingerprint density at radius 3 is 2.07 bits per heavy atom. The van der Waals surface area contributed by atoms with Crippen LogP contribution in [-0.4, -0.2) is 19.0 Å². The zero-order chi connectivity index (χ0) is 19.6. The fraction of sp³-hybridized carbons (Fsp3) is 0.300. The first-order chi connectivity index (χ1) is 13.0. The lowest BCUT2D eigenvalue weighted by Crippen LogP contribution is -2.06. The minimum atomic E-state index is -3.31. The molecule has 144 valence electrons. The summed E-state index contributed by atoms with van der Waals surface area (Å²) in [5.74, 6) is -3.59. The molecular weight excluding hydrogens is 360 g/mol. The molecule has 0 radical (unpaired) electrons. The number of unbranched alkanes of at least 4 members (excludes halogenated alkanes) is 2. The van der Waals surface area contributed by atoms with Gasteiger partial charge in [0.2, 0.25) is 0 Å². The fourth-order valence-corrected chi connectivity index (χ4v) is 2.41. The monoisotopic (exact) mass is 380 g/mol. The van der Waals surface area contributed by atoms with Crippen molar-refractivity contribution in [2.75, 3.05) is 0 Å². The topological polar surface area (TPSA) is 34.0 Å². The zero-order valence-corrected chi connectivity index (χ0v) is 14.8. The molecule has 7 heteroatoms. The highest BCUT2D eigenvalue weighted by Crippen LogP contribution is 2.24. The summed E-state index contributed by atoms with van der Waals surface area (Å²) in [6, 6.07) is 9.54. The highest BCUT2D eigenvalue weighted by molar-refractivity contribution is 5.82. The van der Waals surface area contributed by atoms with Gasteiger partial charge in [0.05, 0.1) is 12.4 Å². The van der Waals surface area contributed by atoms with Crippen molar-refractivity contribution in [2.45, 2.75) is 39.2 Å². The molecule has 0 fully saturated rings. The van der Waals surface area contributed by atoms with Gasteiger partial charge in [0, 0.05) is 5.56 Å². The van der Waals surface area contributed by atoms with E-state index in [1.54, 1.807) is 0 Å². The summed E-state index contributed by atoms with van der Waals surface area (Å²) in [7, 11) is 0. The molecule has 0 saturated heterocycles. The van der Waals surface area contributed by atoms with Crippen molar-refractivity contribution < 1.29 is 22.3 Å². The van der Waals surface area contributed by atoms with Gasteiger partial charge in [0.1, 0.15) is 0 Å². The Hall–Kier alpha value is -2.70. The number of benzene rings is 2. The molecule has 0 aliphatic heterocycles. The number of hydrogen-bond acceptors (Lipinski definition) is 3. The molecule has 0 N–H and O–H groups in total. The summed E-state index contributed by atoms with van der Waals surface area (Å²) >= 11 is 0. The van der Waals surface area contributed by atoms with Gasteiger partial charge < -0.3 is 4.74 Å². The summed E-state index contributed by atoms with van der Waals surface area (Å²) < 4.78 is 55.2. The van der Waals surface area contributed by atoms with Crippen molar-refractivity contribution in [3.63, 3.8) is 0 Å². The summed E-state index contributed by atoms with van der Waals surface area (Å²) in [4.78, 5) is 0. The molecule has 0 aliphatic carbocycles. The predicted molar refractivity (Wildman–Crippen MR) is 97.8 cm³/mol. The van der Waals surface area contributed by atoms with Crippen molar-refractivity contribution >= 4 is 12.4 Å². The molecule has 0 heterocycles. The predicted octanol–water partition coefficient (Wildman–Crippen LogP) is 5.75. The van der Waals surface area contributed by atoms with Crippen molar-refractivity contribution in [3.05, 3.63) is 64.7 Å². The Balaban J connectivity index is 1.96. The molecule has 3 nitrogen and oxygen atoms in total. The first kappa shape index (κ1) is 20.6. The number of ether oxygens (including phenoxy) is 1. The first-order valence-electron chi connectivity index (χ1n) is 8.58. The van der Waals surface area contributed by atoms with E-state index < -0.39 is 24.0 Å². The number of nitrogens with zero attached hydrogens (tertiary/aromatic N) is 2. The number of alkyl halides is 2. The second kappa shape index (κ2) is 10.4. The molecule has 0 aromatic heterocycles. The van der Waals surface area contributed by atoms with Gasteiger partial charge in [-0.25, -0.2) is 8.78 Å². The average Bonchev–Trinajstić information content (AvgIpc) is 2.63. The minimum absolute atomic E-state index is 0.0371. The SMILES string of the molecule is CCCCCc1ccc(C=NN=Cc2cc(F)c(OC(F)F)c(F)c2)cc1. The van der Waals surface area contributed by atoms with Gasteiger partial charge in [-0.1, -0.05) is 44.0 Å². The third-order valence-electron chi connectivity index (χ3n) is 3.76. The van der Waals surface area contributed by atoms with E-state index in [0.29, 0.717) is 0 Å². The highest BCUT2D eigenvalue weighted by Gasteiger charge is 2.16. The Morgan fingerprint density at radius 1 is 0.926 bits per heavy atom. The van der Waals surface area contributed by atoms with E-state index in [1.165, 1.54) is 24.6 Å². The largest absolute Gasteiger partial charge is 0.429 e. The summed E-state index contributed by atoms with van der Waals surface area (Å²) in [6.45, 7) is -1.15. The van der Waals surface area contributed by atoms with Crippen molar-refractivity contribution in [2.24, 2.45) is 10.2 Å². The van der Waals surface area contributed by atoms with Crippen LogP contribution in [0.15, 0.2) is 46.6 Å². The number of aryl methyl sites for hydroxylation is 1. The molecule has 0 saturated carbocycles. The molecule has 0 spiro atoms. The van der Waals surface area contributed by atoms with Crippen LogP contribution in [0.2, 0.25) is 0 Å². The van der Waals surface area contributed by atoms with E-state index in [1.807, 2.05) is 24.3 Å².